The molecule has 0 bridgehead atoms. The number of aryl methyl sites for hydroxylation is 8. The van der Waals surface area contributed by atoms with E-state index in [0.717, 1.165) is 189 Å². The van der Waals surface area contributed by atoms with Gasteiger partial charge in [0.2, 0.25) is 0 Å². The molecule has 0 aliphatic heterocycles. The Balaban J connectivity index is 0.000000132. The van der Waals surface area contributed by atoms with Crippen LogP contribution in [-0.4, -0.2) is 39.9 Å². The van der Waals surface area contributed by atoms with E-state index in [-0.39, 0.29) is 80.4 Å². The third-order valence-electron chi connectivity index (χ3n) is 21.8. The van der Waals surface area contributed by atoms with Gasteiger partial charge >= 0.3 is 0 Å². The molecule has 24 rings (SSSR count). The summed E-state index contributed by atoms with van der Waals surface area (Å²) in [6, 6.07) is 138. The van der Waals surface area contributed by atoms with Crippen molar-refractivity contribution in [3.05, 3.63) is 482 Å². The zero-order valence-corrected chi connectivity index (χ0v) is 85.1. The topological polar surface area (TPSA) is 156 Å². The molecule has 24 aromatic rings. The Labute approximate surface area is 846 Å². The van der Waals surface area contributed by atoms with E-state index in [1.54, 1.807) is 49.6 Å². The largest absolute Gasteiger partial charge is 0.501 e. The van der Waals surface area contributed by atoms with Crippen LogP contribution in [0.3, 0.4) is 0 Å². The van der Waals surface area contributed by atoms with Gasteiger partial charge in [-0.25, -0.2) is 0 Å². The second-order valence-electron chi connectivity index (χ2n) is 31.5. The molecule has 12 nitrogen and oxygen atoms in total. The van der Waals surface area contributed by atoms with Crippen molar-refractivity contribution in [2.75, 3.05) is 0 Å². The van der Waals surface area contributed by atoms with E-state index in [4.69, 9.17) is 17.7 Å². The summed E-state index contributed by atoms with van der Waals surface area (Å²) in [5.74, 6) is 0. The molecule has 0 aliphatic carbocycles. The fourth-order valence-corrected chi connectivity index (χ4v) is 15.3. The molecule has 12 heterocycles. The summed E-state index contributed by atoms with van der Waals surface area (Å²) in [5, 5.41) is 9.01. The van der Waals surface area contributed by atoms with Gasteiger partial charge in [-0.05, 0) is 157 Å². The van der Waals surface area contributed by atoms with E-state index >= 15 is 0 Å². The Hall–Kier alpha value is -14.4. The van der Waals surface area contributed by atoms with E-state index in [2.05, 4.69) is 229 Å². The number of furan rings is 4. The van der Waals surface area contributed by atoms with Crippen molar-refractivity contribution in [3.8, 4) is 90.1 Å². The van der Waals surface area contributed by atoms with E-state index in [1.165, 1.54) is 33.4 Å². The minimum Gasteiger partial charge on any atom is -0.501 e. The third-order valence-corrected chi connectivity index (χ3v) is 21.8. The number of hydrogen-bond acceptors (Lipinski definition) is 12. The molecule has 0 saturated carbocycles. The molecule has 4 radical (unpaired) electrons. The van der Waals surface area contributed by atoms with Gasteiger partial charge in [-0.15, -0.1) is 214 Å². The molecule has 0 fully saturated rings. The maximum atomic E-state index is 6.10. The van der Waals surface area contributed by atoms with Gasteiger partial charge in [0.1, 0.15) is 22.3 Å². The van der Waals surface area contributed by atoms with Crippen molar-refractivity contribution in [2.45, 2.75) is 55.4 Å². The molecule has 0 atom stereocenters. The number of para-hydroxylation sites is 2. The van der Waals surface area contributed by atoms with Gasteiger partial charge in [-0.2, -0.15) is 0 Å². The second kappa shape index (κ2) is 48.0. The van der Waals surface area contributed by atoms with Crippen LogP contribution in [0.25, 0.3) is 178 Å². The van der Waals surface area contributed by atoms with Crippen LogP contribution in [-0.2, 0) is 80.4 Å². The van der Waals surface area contributed by atoms with Gasteiger partial charge in [0.25, 0.3) is 0 Å². The Morgan fingerprint density at radius 1 is 0.184 bits per heavy atom. The summed E-state index contributed by atoms with van der Waals surface area (Å²) in [6.45, 7) is 16.6. The Morgan fingerprint density at radius 2 is 0.478 bits per heavy atom. The van der Waals surface area contributed by atoms with Gasteiger partial charge in [0.05, 0.1) is 22.3 Å². The molecule has 0 N–H and O–H groups in total. The Bertz CT molecular complexity index is 7620. The summed E-state index contributed by atoms with van der Waals surface area (Å²) in [4.78, 5) is 34.7. The average Bonchev–Trinajstić information content (AvgIpc) is 1.63. The molecule has 16 heteroatoms. The average molecular weight is 2470 g/mol. The molecule has 0 unspecified atom stereocenters. The van der Waals surface area contributed by atoms with E-state index < -0.39 is 0 Å². The van der Waals surface area contributed by atoms with Crippen LogP contribution < -0.4 is 0 Å². The van der Waals surface area contributed by atoms with Gasteiger partial charge in [-0.3, -0.25) is 0 Å². The number of pyridine rings is 8. The Kier molecular flexibility index (Phi) is 35.0. The van der Waals surface area contributed by atoms with Crippen molar-refractivity contribution in [3.63, 3.8) is 0 Å². The zero-order valence-electron chi connectivity index (χ0n) is 75.5. The van der Waals surface area contributed by atoms with E-state index in [1.807, 2.05) is 255 Å². The minimum absolute atomic E-state index is 0. The fourth-order valence-electron chi connectivity index (χ4n) is 15.3. The first-order valence-electron chi connectivity index (χ1n) is 43.4. The smallest absolute Gasteiger partial charge is 0.123 e. The summed E-state index contributed by atoms with van der Waals surface area (Å²) in [7, 11) is 0. The third kappa shape index (κ3) is 24.2. The second-order valence-corrected chi connectivity index (χ2v) is 31.5. The molecule has 676 valence electrons. The van der Waals surface area contributed by atoms with Crippen LogP contribution >= 0.6 is 0 Å². The van der Waals surface area contributed by atoms with Crippen molar-refractivity contribution in [2.24, 2.45) is 0 Å². The van der Waals surface area contributed by atoms with Gasteiger partial charge < -0.3 is 57.5 Å². The number of rotatable bonds is 8. The number of benzene rings is 12. The van der Waals surface area contributed by atoms with E-state index in [9.17, 15) is 0 Å². The summed E-state index contributed by atoms with van der Waals surface area (Å²) >= 11 is 0. The first-order chi connectivity index (χ1) is 64.8. The first kappa shape index (κ1) is 99.1. The summed E-state index contributed by atoms with van der Waals surface area (Å²) in [5.41, 5.74) is 32.1. The van der Waals surface area contributed by atoms with Gasteiger partial charge in [0, 0.05) is 152 Å². The summed E-state index contributed by atoms with van der Waals surface area (Å²) in [6.07, 6.45) is 14.4. The first-order valence-corrected chi connectivity index (χ1v) is 43.4. The van der Waals surface area contributed by atoms with Gasteiger partial charge in [-0.1, -0.05) is 228 Å². The quantitative estimate of drug-likeness (QED) is 0.133. The van der Waals surface area contributed by atoms with Crippen molar-refractivity contribution in [1.29, 1.82) is 0 Å². The molecule has 0 aliphatic rings. The number of nitrogens with zero attached hydrogens (tertiary/aromatic N) is 8. The molecule has 12 aromatic heterocycles. The van der Waals surface area contributed by atoms with Crippen LogP contribution in [0, 0.1) is 104 Å². The van der Waals surface area contributed by atoms with Crippen molar-refractivity contribution < 1.29 is 98.1 Å². The number of aromatic nitrogens is 8. The van der Waals surface area contributed by atoms with E-state index in [0.29, 0.717) is 0 Å². The molecule has 0 saturated heterocycles. The minimum atomic E-state index is 0. The van der Waals surface area contributed by atoms with Crippen LogP contribution in [0.15, 0.2) is 407 Å². The summed E-state index contributed by atoms with van der Waals surface area (Å²) < 4.78 is 24.2. The molecule has 136 heavy (non-hydrogen) atoms. The predicted octanol–water partition coefficient (Wildman–Crippen LogP) is 30.4. The van der Waals surface area contributed by atoms with Crippen molar-refractivity contribution >= 4 is 87.8 Å². The normalized spacial score (nSPS) is 10.4. The zero-order chi connectivity index (χ0) is 90.5. The Morgan fingerprint density at radius 3 is 0.882 bits per heavy atom. The molecular formula is C120H88Ir4N8O4-8. The fraction of sp³-hybridized carbons (Fsp3) is 0.0667. The van der Waals surface area contributed by atoms with Gasteiger partial charge in [0.15, 0.2) is 0 Å². The molecule has 0 amide bonds. The maximum Gasteiger partial charge on any atom is 0.123 e. The van der Waals surface area contributed by atoms with Crippen LogP contribution in [0.5, 0.6) is 0 Å². The van der Waals surface area contributed by atoms with Crippen LogP contribution in [0.1, 0.15) is 44.5 Å². The standard InChI is InChI=1S/4C18H12NO.4C12H10N.4Ir/c1-12-6-5-11-19-17(12)15-9-4-8-14-13-7-2-3-10-16(13)20-18(14)15;1-12-6-4-7-13-14-8-5-9-15(18(14)20-17(12)13)16-10-2-3-11-19-16;1-12-8-9-13-14-5-4-6-15(16-7-2-3-10-19-16)18(14)20-17(13)11-12;1-12-8-9-17-15(11-12)13-5-4-6-14(18(13)20-17)16-7-2-3-10-19-16;4*1-10-5-4-6-11(9-10)12-7-2-3-8-13-12;;;;/h2*2-8,10-11H,1H3;2*2-5,7-11H,1H3;4*2-5,7-9H,1H3;;;;/q8*-1;;;;. The molecule has 12 aromatic carbocycles. The molecular weight excluding hydrogens is 2390 g/mol. The van der Waals surface area contributed by atoms with Crippen molar-refractivity contribution in [1.82, 2.24) is 39.9 Å². The van der Waals surface area contributed by atoms with Crippen LogP contribution in [0.4, 0.5) is 0 Å². The predicted molar refractivity (Wildman–Crippen MR) is 535 cm³/mol. The molecule has 0 spiro atoms. The SMILES string of the molecule is Cc1cc[c-]c(-c2ccccn2)c1.Cc1cc[c-]c(-c2ccccn2)c1.Cc1cc[c-]c(-c2ccccn2)c1.Cc1cc[c-]c(-c2ccccn2)c1.Cc1ccc2c(c1)oc1c(-c3ccccn3)[c-]ccc12.Cc1ccc2oc3c(-c4ccccn4)[c-]ccc3c2c1.Cc1cccc2c1oc1c(-c3ccccn3)[c-]ccc12.Cc1cccnc1-c1[c-]ccc2c1oc1ccccc12.[Ir].[Ir].[Ir].[Ir]. The number of hydrogen-bond donors (Lipinski definition) is 0. The maximum absolute atomic E-state index is 6.10. The monoisotopic (exact) mass is 2480 g/mol. The number of fused-ring (bicyclic) bond motifs is 12. The van der Waals surface area contributed by atoms with Crippen LogP contribution in [0.2, 0.25) is 0 Å².